The van der Waals surface area contributed by atoms with Gasteiger partial charge in [0.25, 0.3) is 11.5 Å². The van der Waals surface area contributed by atoms with Crippen LogP contribution in [-0.2, 0) is 13.1 Å². The van der Waals surface area contributed by atoms with E-state index in [-0.39, 0.29) is 24.0 Å². The van der Waals surface area contributed by atoms with Crippen molar-refractivity contribution in [3.63, 3.8) is 0 Å². The van der Waals surface area contributed by atoms with Crippen molar-refractivity contribution in [3.8, 4) is 0 Å². The number of nitrogen functional groups attached to an aromatic ring is 1. The van der Waals surface area contributed by atoms with E-state index in [4.69, 9.17) is 5.73 Å². The minimum Gasteiger partial charge on any atom is -0.383 e. The van der Waals surface area contributed by atoms with E-state index in [1.807, 2.05) is 56.3 Å². The van der Waals surface area contributed by atoms with Gasteiger partial charge in [-0.25, -0.2) is 4.79 Å². The molecule has 1 aromatic heterocycles. The molecule has 0 spiro atoms. The van der Waals surface area contributed by atoms with Crippen LogP contribution < -0.4 is 21.9 Å². The van der Waals surface area contributed by atoms with E-state index in [1.165, 1.54) is 9.47 Å². The summed E-state index contributed by atoms with van der Waals surface area (Å²) in [5, 5.41) is 0. The number of nitrogens with two attached hydrogens (primary N) is 1. The van der Waals surface area contributed by atoms with Crippen molar-refractivity contribution in [3.05, 3.63) is 92.1 Å². The first-order valence-electron chi connectivity index (χ1n) is 9.97. The number of benzene rings is 2. The molecule has 7 nitrogen and oxygen atoms in total. The molecule has 30 heavy (non-hydrogen) atoms. The first kappa shape index (κ1) is 21.1. The fourth-order valence-electron chi connectivity index (χ4n) is 3.25. The van der Waals surface area contributed by atoms with Gasteiger partial charge >= 0.3 is 5.69 Å². The maximum absolute atomic E-state index is 13.4. The van der Waals surface area contributed by atoms with Crippen LogP contribution in [0.15, 0.2) is 64.2 Å². The molecule has 0 aliphatic rings. The molecular weight excluding hydrogens is 380 g/mol. The van der Waals surface area contributed by atoms with Crippen LogP contribution in [0.2, 0.25) is 0 Å². The topological polar surface area (TPSA) is 101 Å². The number of H-pyrrole nitrogens is 1. The van der Waals surface area contributed by atoms with Crippen LogP contribution in [0.5, 0.6) is 0 Å². The van der Waals surface area contributed by atoms with Crippen LogP contribution in [0.25, 0.3) is 0 Å². The molecule has 0 saturated carbocycles. The van der Waals surface area contributed by atoms with Crippen LogP contribution in [0.1, 0.15) is 41.3 Å². The molecule has 0 aliphatic carbocycles. The third-order valence-corrected chi connectivity index (χ3v) is 4.95. The first-order chi connectivity index (χ1) is 14.4. The van der Waals surface area contributed by atoms with E-state index in [0.717, 1.165) is 24.0 Å². The van der Waals surface area contributed by atoms with Crippen molar-refractivity contribution >= 4 is 17.4 Å². The minimum absolute atomic E-state index is 0.00593. The van der Waals surface area contributed by atoms with Gasteiger partial charge in [0, 0.05) is 12.1 Å². The Hall–Kier alpha value is -3.61. The first-order valence-corrected chi connectivity index (χ1v) is 9.97. The summed E-state index contributed by atoms with van der Waals surface area (Å²) in [5.41, 5.74) is 7.29. The lowest BCUT2D eigenvalue weighted by atomic mass is 10.1. The Morgan fingerprint density at radius 2 is 1.73 bits per heavy atom. The fraction of sp³-hybridized carbons (Fsp3) is 0.261. The number of carbonyl (C=O) groups is 1. The van der Waals surface area contributed by atoms with Gasteiger partial charge in [0.05, 0.1) is 6.54 Å². The molecule has 3 N–H and O–H groups in total. The van der Waals surface area contributed by atoms with Crippen molar-refractivity contribution in [2.24, 2.45) is 0 Å². The number of aryl methyl sites for hydroxylation is 1. The smallest absolute Gasteiger partial charge is 0.330 e. The Labute approximate surface area is 174 Å². The van der Waals surface area contributed by atoms with Gasteiger partial charge in [-0.3, -0.25) is 24.0 Å². The molecule has 0 saturated heterocycles. The summed E-state index contributed by atoms with van der Waals surface area (Å²) in [6.07, 6.45) is 1.58. The number of hydrogen-bond donors (Lipinski definition) is 2. The van der Waals surface area contributed by atoms with Crippen molar-refractivity contribution in [1.82, 2.24) is 9.55 Å². The normalized spacial score (nSPS) is 10.7. The second-order valence-electron chi connectivity index (χ2n) is 7.24. The number of rotatable bonds is 7. The molecule has 1 heterocycles. The third kappa shape index (κ3) is 4.51. The minimum atomic E-state index is -0.679. The number of nitrogens with one attached hydrogen (secondary N) is 1. The average molecular weight is 406 g/mol. The molecule has 156 valence electrons. The maximum Gasteiger partial charge on any atom is 0.330 e. The predicted molar refractivity (Wildman–Crippen MR) is 119 cm³/mol. The quantitative estimate of drug-likeness (QED) is 0.630. The van der Waals surface area contributed by atoms with Crippen LogP contribution in [0.4, 0.5) is 11.5 Å². The Bertz CT molecular complexity index is 1130. The molecule has 3 rings (SSSR count). The summed E-state index contributed by atoms with van der Waals surface area (Å²) in [6, 6.07) is 16.4. The lowest BCUT2D eigenvalue weighted by molar-refractivity contribution is 0.0984. The number of hydrogen-bond acceptors (Lipinski definition) is 4. The number of anilines is 2. The molecule has 2 aromatic carbocycles. The van der Waals surface area contributed by atoms with Gasteiger partial charge in [0.2, 0.25) is 0 Å². The Morgan fingerprint density at radius 1 is 1.07 bits per heavy atom. The summed E-state index contributed by atoms with van der Waals surface area (Å²) < 4.78 is 1.32. The lowest BCUT2D eigenvalue weighted by Crippen LogP contribution is -2.41. The average Bonchev–Trinajstić information content (AvgIpc) is 2.73. The number of aromatic amines is 1. The molecular formula is C23H26N4O3. The predicted octanol–water partition coefficient (Wildman–Crippen LogP) is 3.07. The van der Waals surface area contributed by atoms with Crippen LogP contribution in [0, 0.1) is 6.92 Å². The zero-order chi connectivity index (χ0) is 21.7. The van der Waals surface area contributed by atoms with Gasteiger partial charge in [-0.05, 0) is 31.0 Å². The van der Waals surface area contributed by atoms with E-state index in [2.05, 4.69) is 4.98 Å². The van der Waals surface area contributed by atoms with Crippen molar-refractivity contribution in [2.45, 2.75) is 39.8 Å². The van der Waals surface area contributed by atoms with E-state index in [0.29, 0.717) is 12.1 Å². The summed E-state index contributed by atoms with van der Waals surface area (Å²) in [7, 11) is 0. The highest BCUT2D eigenvalue weighted by Gasteiger charge is 2.25. The van der Waals surface area contributed by atoms with Crippen molar-refractivity contribution in [2.75, 3.05) is 10.6 Å². The Balaban J connectivity index is 2.14. The van der Waals surface area contributed by atoms with Gasteiger partial charge in [-0.2, -0.15) is 0 Å². The number of unbranched alkanes of at least 4 members (excludes halogenated alkanes) is 1. The molecule has 0 fully saturated rings. The zero-order valence-corrected chi connectivity index (χ0v) is 17.2. The molecule has 0 bridgehead atoms. The molecule has 0 radical (unpaired) electrons. The van der Waals surface area contributed by atoms with E-state index in [9.17, 15) is 14.4 Å². The second kappa shape index (κ2) is 9.26. The highest BCUT2D eigenvalue weighted by Crippen LogP contribution is 2.22. The Kier molecular flexibility index (Phi) is 6.51. The van der Waals surface area contributed by atoms with Crippen molar-refractivity contribution < 1.29 is 4.79 Å². The summed E-state index contributed by atoms with van der Waals surface area (Å²) in [4.78, 5) is 42.1. The fourth-order valence-corrected chi connectivity index (χ4v) is 3.25. The highest BCUT2D eigenvalue weighted by molar-refractivity contribution is 6.07. The zero-order valence-electron chi connectivity index (χ0n) is 17.2. The standard InChI is InChI=1S/C23H26N4O3/c1-3-4-14-26-20(24)19(21(28)25-23(26)30)27(15-17-8-6-5-7-9-17)22(29)18-12-10-16(2)11-13-18/h5-13H,3-4,14-15,24H2,1-2H3,(H,25,28,30). The molecule has 0 atom stereocenters. The van der Waals surface area contributed by atoms with Crippen molar-refractivity contribution in [1.29, 1.82) is 0 Å². The third-order valence-electron chi connectivity index (χ3n) is 4.95. The van der Waals surface area contributed by atoms with E-state index in [1.54, 1.807) is 12.1 Å². The van der Waals surface area contributed by atoms with Gasteiger partial charge < -0.3 is 5.73 Å². The number of aromatic nitrogens is 2. The lowest BCUT2D eigenvalue weighted by Gasteiger charge is -2.25. The molecule has 0 unspecified atom stereocenters. The van der Waals surface area contributed by atoms with Crippen LogP contribution in [0.3, 0.4) is 0 Å². The van der Waals surface area contributed by atoms with Gasteiger partial charge in [-0.15, -0.1) is 0 Å². The summed E-state index contributed by atoms with van der Waals surface area (Å²) in [6.45, 7) is 4.44. The SMILES string of the molecule is CCCCn1c(N)c(N(Cc2ccccc2)C(=O)c2ccc(C)cc2)c(=O)[nH]c1=O. The molecule has 1 amide bonds. The summed E-state index contributed by atoms with van der Waals surface area (Å²) >= 11 is 0. The van der Waals surface area contributed by atoms with E-state index >= 15 is 0 Å². The highest BCUT2D eigenvalue weighted by atomic mass is 16.2. The molecule has 3 aromatic rings. The molecule has 7 heteroatoms. The Morgan fingerprint density at radius 3 is 2.37 bits per heavy atom. The second-order valence-corrected chi connectivity index (χ2v) is 7.24. The van der Waals surface area contributed by atoms with Gasteiger partial charge in [0.15, 0.2) is 5.69 Å². The largest absolute Gasteiger partial charge is 0.383 e. The van der Waals surface area contributed by atoms with E-state index < -0.39 is 11.2 Å². The monoisotopic (exact) mass is 406 g/mol. The number of carbonyl (C=O) groups excluding carboxylic acids is 1. The number of nitrogens with zero attached hydrogens (tertiary/aromatic N) is 2. The van der Waals surface area contributed by atoms with Crippen LogP contribution in [-0.4, -0.2) is 15.5 Å². The van der Waals surface area contributed by atoms with Crippen LogP contribution >= 0.6 is 0 Å². The number of amides is 1. The summed E-state index contributed by atoms with van der Waals surface area (Å²) in [5.74, 6) is -0.370. The van der Waals surface area contributed by atoms with Gasteiger partial charge in [0.1, 0.15) is 5.82 Å². The van der Waals surface area contributed by atoms with Gasteiger partial charge in [-0.1, -0.05) is 61.4 Å². The maximum atomic E-state index is 13.4. The molecule has 0 aliphatic heterocycles.